The van der Waals surface area contributed by atoms with Gasteiger partial charge in [-0.25, -0.2) is 4.79 Å². The number of carbonyl (C=O) groups is 2. The molecule has 1 aliphatic heterocycles. The predicted molar refractivity (Wildman–Crippen MR) is 145 cm³/mol. The number of carboxylic acid groups (broad SMARTS) is 1. The Kier molecular flexibility index (Phi) is 8.07. The summed E-state index contributed by atoms with van der Waals surface area (Å²) in [5.74, 6) is -1.37. The highest BCUT2D eigenvalue weighted by Gasteiger charge is 2.25. The highest BCUT2D eigenvalue weighted by atomic mass is 35.5. The first-order chi connectivity index (χ1) is 18.2. The fraction of sp³-hybridized carbons (Fsp3) is 0.192. The Morgan fingerprint density at radius 2 is 2.00 bits per heavy atom. The van der Waals surface area contributed by atoms with E-state index < -0.39 is 18.5 Å². The van der Waals surface area contributed by atoms with Gasteiger partial charge in [0.1, 0.15) is 11.6 Å². The highest BCUT2D eigenvalue weighted by Crippen LogP contribution is 2.31. The van der Waals surface area contributed by atoms with Crippen LogP contribution in [0.1, 0.15) is 33.1 Å². The number of aromatic nitrogens is 1. The van der Waals surface area contributed by atoms with E-state index in [9.17, 15) is 14.7 Å². The van der Waals surface area contributed by atoms with Gasteiger partial charge >= 0.3 is 5.97 Å². The molecule has 1 unspecified atom stereocenters. The number of hydrogen-bond donors (Lipinski definition) is 5. The van der Waals surface area contributed by atoms with Crippen LogP contribution in [0.25, 0.3) is 0 Å². The number of aliphatic carboxylic acids is 1. The predicted octanol–water partition coefficient (Wildman–Crippen LogP) is 3.36. The number of pyridine rings is 1. The van der Waals surface area contributed by atoms with Gasteiger partial charge in [0.05, 0.1) is 17.2 Å². The fourth-order valence-corrected chi connectivity index (χ4v) is 4.09. The number of carboxylic acids is 1. The van der Waals surface area contributed by atoms with Crippen molar-refractivity contribution >= 4 is 46.9 Å². The molecule has 11 nitrogen and oxygen atoms in total. The van der Waals surface area contributed by atoms with Crippen LogP contribution in [0, 0.1) is 5.41 Å². The number of ether oxygens (including phenoxy) is 1. The number of nitrogens with two attached hydrogens (primary N) is 1. The van der Waals surface area contributed by atoms with Gasteiger partial charge in [0.15, 0.2) is 6.61 Å². The van der Waals surface area contributed by atoms with Crippen LogP contribution in [0.2, 0.25) is 5.02 Å². The lowest BCUT2D eigenvalue weighted by Gasteiger charge is -2.19. The largest absolute Gasteiger partial charge is 0.480 e. The number of hydrogen-bond acceptors (Lipinski definition) is 8. The summed E-state index contributed by atoms with van der Waals surface area (Å²) in [6, 6.07) is 13.2. The molecule has 1 aromatic heterocycles. The molecule has 1 atom stereocenters. The number of nitrogens with zero attached hydrogens (tertiary/aromatic N) is 3. The van der Waals surface area contributed by atoms with Gasteiger partial charge in [-0.15, -0.1) is 0 Å². The van der Waals surface area contributed by atoms with E-state index in [-0.39, 0.29) is 18.3 Å². The molecule has 0 bridgehead atoms. The van der Waals surface area contributed by atoms with Gasteiger partial charge < -0.3 is 26.2 Å². The average molecular weight is 536 g/mol. The smallest absolute Gasteiger partial charge is 0.341 e. The number of halogens is 1. The fourth-order valence-electron chi connectivity index (χ4n) is 3.92. The van der Waals surface area contributed by atoms with E-state index in [0.29, 0.717) is 51.1 Å². The van der Waals surface area contributed by atoms with Gasteiger partial charge in [0.2, 0.25) is 0 Å². The SMILES string of the molecule is CN1CC(c2nccc(CNc3ccc(Cl)cc3C(=O)Nc3ccc(C(=N)N)cc3)c2OCC(=O)O)C=N1. The number of amidine groups is 1. The molecule has 4 rings (SSSR count). The third kappa shape index (κ3) is 6.37. The number of nitrogens with one attached hydrogen (secondary N) is 3. The average Bonchev–Trinajstić information content (AvgIpc) is 3.33. The molecule has 38 heavy (non-hydrogen) atoms. The first kappa shape index (κ1) is 26.4. The van der Waals surface area contributed by atoms with Crippen LogP contribution in [0.3, 0.4) is 0 Å². The van der Waals surface area contributed by atoms with E-state index in [4.69, 9.17) is 27.5 Å². The second-order valence-electron chi connectivity index (χ2n) is 8.57. The molecule has 1 aliphatic rings. The van der Waals surface area contributed by atoms with Crippen LogP contribution >= 0.6 is 11.6 Å². The van der Waals surface area contributed by atoms with Gasteiger partial charge in [0, 0.05) is 60.1 Å². The van der Waals surface area contributed by atoms with Gasteiger partial charge in [-0.3, -0.25) is 20.2 Å². The van der Waals surface area contributed by atoms with E-state index in [0.717, 1.165) is 0 Å². The number of benzene rings is 2. The Balaban J connectivity index is 1.57. The summed E-state index contributed by atoms with van der Waals surface area (Å²) in [5, 5.41) is 29.1. The highest BCUT2D eigenvalue weighted by molar-refractivity contribution is 6.31. The van der Waals surface area contributed by atoms with Gasteiger partial charge in [-0.1, -0.05) is 11.6 Å². The van der Waals surface area contributed by atoms with Crippen LogP contribution in [0.15, 0.2) is 59.8 Å². The second kappa shape index (κ2) is 11.6. The normalized spacial score (nSPS) is 14.3. The number of likely N-dealkylation sites (N-methyl/N-ethyl adjacent to an activating group) is 1. The number of nitrogen functional groups attached to an aromatic ring is 1. The summed E-state index contributed by atoms with van der Waals surface area (Å²) in [6.45, 7) is 0.282. The monoisotopic (exact) mass is 535 g/mol. The van der Waals surface area contributed by atoms with Crippen molar-refractivity contribution in [1.29, 1.82) is 5.41 Å². The van der Waals surface area contributed by atoms with E-state index in [1.165, 1.54) is 0 Å². The minimum atomic E-state index is -1.11. The zero-order valence-electron chi connectivity index (χ0n) is 20.4. The van der Waals surface area contributed by atoms with Crippen molar-refractivity contribution in [2.24, 2.45) is 10.8 Å². The molecule has 1 amide bonds. The number of rotatable bonds is 10. The van der Waals surface area contributed by atoms with E-state index >= 15 is 0 Å². The Hall–Kier alpha value is -4.64. The molecule has 0 spiro atoms. The van der Waals surface area contributed by atoms with E-state index in [1.54, 1.807) is 66.0 Å². The number of anilines is 2. The van der Waals surface area contributed by atoms with E-state index in [2.05, 4.69) is 20.7 Å². The van der Waals surface area contributed by atoms with Crippen molar-refractivity contribution in [3.05, 3.63) is 82.1 Å². The Labute approximate surface area is 223 Å². The zero-order chi connectivity index (χ0) is 27.2. The van der Waals surface area contributed by atoms with Gasteiger partial charge in [0.25, 0.3) is 5.91 Å². The summed E-state index contributed by atoms with van der Waals surface area (Å²) in [7, 11) is 1.84. The van der Waals surface area contributed by atoms with Gasteiger partial charge in [-0.05, 0) is 48.5 Å². The molecular weight excluding hydrogens is 510 g/mol. The zero-order valence-corrected chi connectivity index (χ0v) is 21.2. The van der Waals surface area contributed by atoms with Crippen molar-refractivity contribution in [2.75, 3.05) is 30.8 Å². The Morgan fingerprint density at radius 1 is 1.24 bits per heavy atom. The maximum atomic E-state index is 13.1. The lowest BCUT2D eigenvalue weighted by atomic mass is 10.0. The van der Waals surface area contributed by atoms with Crippen LogP contribution in [-0.2, 0) is 11.3 Å². The second-order valence-corrected chi connectivity index (χ2v) is 9.00. The molecule has 6 N–H and O–H groups in total. The lowest BCUT2D eigenvalue weighted by Crippen LogP contribution is -2.18. The minimum absolute atomic E-state index is 0.0672. The first-order valence-electron chi connectivity index (χ1n) is 11.6. The minimum Gasteiger partial charge on any atom is -0.480 e. The molecule has 3 aromatic rings. The quantitative estimate of drug-likeness (QED) is 0.194. The molecular formula is C26H26ClN7O4. The molecule has 196 valence electrons. The van der Waals surface area contributed by atoms with Crippen molar-refractivity contribution in [3.63, 3.8) is 0 Å². The van der Waals surface area contributed by atoms with Crippen LogP contribution in [-0.4, -0.2) is 59.2 Å². The lowest BCUT2D eigenvalue weighted by molar-refractivity contribution is -0.139. The van der Waals surface area contributed by atoms with Crippen molar-refractivity contribution in [3.8, 4) is 5.75 Å². The maximum absolute atomic E-state index is 13.1. The van der Waals surface area contributed by atoms with Crippen molar-refractivity contribution < 1.29 is 19.4 Å². The summed E-state index contributed by atoms with van der Waals surface area (Å²) >= 11 is 6.19. The third-order valence-electron chi connectivity index (χ3n) is 5.76. The molecule has 0 saturated carbocycles. The Bertz CT molecular complexity index is 1390. The van der Waals surface area contributed by atoms with Crippen molar-refractivity contribution in [2.45, 2.75) is 12.5 Å². The molecule has 0 saturated heterocycles. The maximum Gasteiger partial charge on any atom is 0.341 e. The van der Waals surface area contributed by atoms with Gasteiger partial charge in [-0.2, -0.15) is 5.10 Å². The number of hydrazone groups is 1. The molecule has 2 heterocycles. The van der Waals surface area contributed by atoms with E-state index in [1.807, 2.05) is 7.05 Å². The van der Waals surface area contributed by atoms with Crippen LogP contribution in [0.5, 0.6) is 5.75 Å². The Morgan fingerprint density at radius 3 is 2.66 bits per heavy atom. The standard InChI is InChI=1S/C26H26ClN7O4/c1-34-13-17(12-32-34)23-24(38-14-22(35)36)16(8-9-30-23)11-31-21-7-4-18(27)10-20(21)26(37)33-19-5-2-15(3-6-19)25(28)29/h2-10,12,17,31H,11,13-14H2,1H3,(H3,28,29)(H,33,37)(H,35,36). The summed E-state index contributed by atoms with van der Waals surface area (Å²) in [4.78, 5) is 28.8. The summed E-state index contributed by atoms with van der Waals surface area (Å²) < 4.78 is 5.66. The molecule has 2 aromatic carbocycles. The molecule has 12 heteroatoms. The molecule has 0 aliphatic carbocycles. The number of amides is 1. The van der Waals surface area contributed by atoms with Crippen molar-refractivity contribution in [1.82, 2.24) is 9.99 Å². The third-order valence-corrected chi connectivity index (χ3v) is 5.99. The summed E-state index contributed by atoms with van der Waals surface area (Å²) in [5.41, 5.74) is 8.63. The molecule has 0 radical (unpaired) electrons. The summed E-state index contributed by atoms with van der Waals surface area (Å²) in [6.07, 6.45) is 3.38. The first-order valence-corrected chi connectivity index (χ1v) is 12.0. The number of carbonyl (C=O) groups excluding carboxylic acids is 1. The topological polar surface area (TPSA) is 166 Å². The van der Waals surface area contributed by atoms with Crippen LogP contribution < -0.4 is 21.1 Å². The molecule has 0 fully saturated rings. The van der Waals surface area contributed by atoms with Crippen LogP contribution in [0.4, 0.5) is 11.4 Å².